The number of rotatable bonds is 1. The van der Waals surface area contributed by atoms with Gasteiger partial charge in [-0.1, -0.05) is 34.1 Å². The van der Waals surface area contributed by atoms with E-state index in [-0.39, 0.29) is 5.41 Å². The van der Waals surface area contributed by atoms with Crippen LogP contribution in [-0.4, -0.2) is 16.1 Å². The minimum atomic E-state index is 0.139. The van der Waals surface area contributed by atoms with Gasteiger partial charge in [-0.25, -0.2) is 4.98 Å². The highest BCUT2D eigenvalue weighted by atomic mass is 15.2. The van der Waals surface area contributed by atoms with Gasteiger partial charge in [-0.3, -0.25) is 0 Å². The molecule has 2 aliphatic rings. The Morgan fingerprint density at radius 1 is 1.26 bits per heavy atom. The molecular weight excluding hydrogens is 234 g/mol. The van der Waals surface area contributed by atoms with Gasteiger partial charge in [0.05, 0.1) is 5.69 Å². The highest BCUT2D eigenvalue weighted by molar-refractivity contribution is 5.25. The molecule has 106 valence electrons. The zero-order chi connectivity index (χ0) is 13.6. The fourth-order valence-corrected chi connectivity index (χ4v) is 3.73. The lowest BCUT2D eigenvalue weighted by Gasteiger charge is -2.28. The Morgan fingerprint density at radius 3 is 2.68 bits per heavy atom. The second kappa shape index (κ2) is 4.62. The number of imidazole rings is 1. The molecule has 1 aromatic heterocycles. The van der Waals surface area contributed by atoms with Crippen LogP contribution in [0.5, 0.6) is 0 Å². The van der Waals surface area contributed by atoms with Crippen LogP contribution in [0.2, 0.25) is 0 Å². The topological polar surface area (TPSA) is 29.9 Å². The van der Waals surface area contributed by atoms with Crippen LogP contribution in [-0.2, 0) is 18.4 Å². The zero-order valence-electron chi connectivity index (χ0n) is 12.8. The Kier molecular flexibility index (Phi) is 3.20. The van der Waals surface area contributed by atoms with Crippen molar-refractivity contribution in [2.24, 2.45) is 5.92 Å². The molecule has 1 fully saturated rings. The Bertz CT molecular complexity index is 467. The van der Waals surface area contributed by atoms with Gasteiger partial charge in [0.1, 0.15) is 5.82 Å². The van der Waals surface area contributed by atoms with E-state index in [9.17, 15) is 0 Å². The van der Waals surface area contributed by atoms with Crippen molar-refractivity contribution in [1.29, 1.82) is 0 Å². The van der Waals surface area contributed by atoms with Crippen LogP contribution in [0.1, 0.15) is 70.2 Å². The number of hydrogen-bond donors (Lipinski definition) is 1. The molecular formula is C16H27N3. The van der Waals surface area contributed by atoms with Crippen LogP contribution < -0.4 is 5.32 Å². The van der Waals surface area contributed by atoms with Gasteiger partial charge in [0.15, 0.2) is 0 Å². The molecule has 0 bridgehead atoms. The van der Waals surface area contributed by atoms with Crippen molar-refractivity contribution >= 4 is 0 Å². The standard InChI is InChI=1S/C16H27N3/c1-11-6-5-7-13(11)19-14-8-9-17-10-12(14)18-15(19)16(2,3)4/h11,13,17H,5-10H2,1-4H3. The summed E-state index contributed by atoms with van der Waals surface area (Å²) in [6, 6.07) is 0.684. The van der Waals surface area contributed by atoms with Gasteiger partial charge < -0.3 is 9.88 Å². The first-order valence-corrected chi connectivity index (χ1v) is 7.79. The van der Waals surface area contributed by atoms with Crippen molar-refractivity contribution in [1.82, 2.24) is 14.9 Å². The first kappa shape index (κ1) is 13.2. The van der Waals surface area contributed by atoms with Crippen molar-refractivity contribution < 1.29 is 0 Å². The van der Waals surface area contributed by atoms with Gasteiger partial charge >= 0.3 is 0 Å². The fourth-order valence-electron chi connectivity index (χ4n) is 3.73. The molecule has 1 aliphatic heterocycles. The molecule has 0 radical (unpaired) electrons. The van der Waals surface area contributed by atoms with Gasteiger partial charge in [-0.2, -0.15) is 0 Å². The van der Waals surface area contributed by atoms with Crippen LogP contribution in [0.4, 0.5) is 0 Å². The maximum absolute atomic E-state index is 5.00. The molecule has 0 amide bonds. The smallest absolute Gasteiger partial charge is 0.114 e. The van der Waals surface area contributed by atoms with Crippen molar-refractivity contribution in [3.8, 4) is 0 Å². The van der Waals surface area contributed by atoms with Gasteiger partial charge in [0, 0.05) is 36.7 Å². The average Bonchev–Trinajstić information content (AvgIpc) is 2.91. The third-order valence-electron chi connectivity index (χ3n) is 4.74. The first-order chi connectivity index (χ1) is 8.98. The van der Waals surface area contributed by atoms with Crippen molar-refractivity contribution in [3.05, 3.63) is 17.2 Å². The normalized spacial score (nSPS) is 27.6. The number of nitrogens with one attached hydrogen (secondary N) is 1. The summed E-state index contributed by atoms with van der Waals surface area (Å²) in [6.45, 7) is 11.4. The van der Waals surface area contributed by atoms with Gasteiger partial charge in [-0.05, 0) is 18.8 Å². The maximum atomic E-state index is 5.00. The van der Waals surface area contributed by atoms with Crippen LogP contribution in [0, 0.1) is 5.92 Å². The molecule has 2 unspecified atom stereocenters. The molecule has 0 aromatic carbocycles. The zero-order valence-corrected chi connectivity index (χ0v) is 12.8. The third kappa shape index (κ3) is 2.22. The van der Waals surface area contributed by atoms with Crippen LogP contribution >= 0.6 is 0 Å². The summed E-state index contributed by atoms with van der Waals surface area (Å²) in [7, 11) is 0. The van der Waals surface area contributed by atoms with E-state index in [1.165, 1.54) is 36.5 Å². The second-order valence-electron chi connectivity index (χ2n) is 7.35. The summed E-state index contributed by atoms with van der Waals surface area (Å²) in [5, 5.41) is 3.46. The molecule has 1 aliphatic carbocycles. The highest BCUT2D eigenvalue weighted by Gasteiger charge is 2.34. The molecule has 1 aromatic rings. The lowest BCUT2D eigenvalue weighted by molar-refractivity contribution is 0.360. The molecule has 0 spiro atoms. The molecule has 3 nitrogen and oxygen atoms in total. The predicted octanol–water partition coefficient (Wildman–Crippen LogP) is 3.19. The van der Waals surface area contributed by atoms with Gasteiger partial charge in [0.2, 0.25) is 0 Å². The SMILES string of the molecule is CC1CCCC1n1c(C(C)(C)C)nc2c1CCNC2. The summed E-state index contributed by atoms with van der Waals surface area (Å²) < 4.78 is 2.63. The van der Waals surface area contributed by atoms with E-state index in [1.54, 1.807) is 0 Å². The fraction of sp³-hybridized carbons (Fsp3) is 0.812. The number of fused-ring (bicyclic) bond motifs is 1. The first-order valence-electron chi connectivity index (χ1n) is 7.79. The summed E-state index contributed by atoms with van der Waals surface area (Å²) >= 11 is 0. The van der Waals surface area contributed by atoms with Gasteiger partial charge in [0.25, 0.3) is 0 Å². The third-order valence-corrected chi connectivity index (χ3v) is 4.74. The van der Waals surface area contributed by atoms with Crippen molar-refractivity contribution in [2.45, 2.75) is 71.4 Å². The van der Waals surface area contributed by atoms with Crippen LogP contribution in [0.15, 0.2) is 0 Å². The maximum Gasteiger partial charge on any atom is 0.114 e. The Hall–Kier alpha value is -0.830. The highest BCUT2D eigenvalue weighted by Crippen LogP contribution is 2.40. The van der Waals surface area contributed by atoms with Crippen LogP contribution in [0.25, 0.3) is 0 Å². The minimum Gasteiger partial charge on any atom is -0.328 e. The predicted molar refractivity (Wildman–Crippen MR) is 78.4 cm³/mol. The largest absolute Gasteiger partial charge is 0.328 e. The Labute approximate surface area is 116 Å². The Morgan fingerprint density at radius 2 is 2.05 bits per heavy atom. The van der Waals surface area contributed by atoms with E-state index >= 15 is 0 Å². The van der Waals surface area contributed by atoms with E-state index < -0.39 is 0 Å². The summed E-state index contributed by atoms with van der Waals surface area (Å²) in [6.07, 6.45) is 5.22. The minimum absolute atomic E-state index is 0.139. The molecule has 3 heteroatoms. The van der Waals surface area contributed by atoms with E-state index in [0.29, 0.717) is 6.04 Å². The number of aromatic nitrogens is 2. The molecule has 19 heavy (non-hydrogen) atoms. The molecule has 1 saturated carbocycles. The molecule has 1 N–H and O–H groups in total. The summed E-state index contributed by atoms with van der Waals surface area (Å²) in [5.41, 5.74) is 2.96. The lowest BCUT2D eigenvalue weighted by Crippen LogP contribution is -2.28. The monoisotopic (exact) mass is 261 g/mol. The van der Waals surface area contributed by atoms with E-state index in [4.69, 9.17) is 4.98 Å². The van der Waals surface area contributed by atoms with E-state index in [0.717, 1.165) is 25.4 Å². The quantitative estimate of drug-likeness (QED) is 0.841. The molecule has 3 rings (SSSR count). The number of nitrogens with zero attached hydrogens (tertiary/aromatic N) is 2. The van der Waals surface area contributed by atoms with Crippen LogP contribution in [0.3, 0.4) is 0 Å². The van der Waals surface area contributed by atoms with Gasteiger partial charge in [-0.15, -0.1) is 0 Å². The Balaban J connectivity index is 2.11. The van der Waals surface area contributed by atoms with E-state index in [2.05, 4.69) is 37.6 Å². The summed E-state index contributed by atoms with van der Waals surface area (Å²) in [4.78, 5) is 5.00. The second-order valence-corrected chi connectivity index (χ2v) is 7.35. The van der Waals surface area contributed by atoms with Crippen molar-refractivity contribution in [3.63, 3.8) is 0 Å². The van der Waals surface area contributed by atoms with E-state index in [1.807, 2.05) is 0 Å². The summed E-state index contributed by atoms with van der Waals surface area (Å²) in [5.74, 6) is 2.11. The number of hydrogen-bond acceptors (Lipinski definition) is 2. The molecule has 2 atom stereocenters. The van der Waals surface area contributed by atoms with Crippen molar-refractivity contribution in [2.75, 3.05) is 6.54 Å². The molecule has 2 heterocycles. The average molecular weight is 261 g/mol. The lowest BCUT2D eigenvalue weighted by atomic mass is 9.94. The molecule has 0 saturated heterocycles.